The maximum Gasteiger partial charge on any atom is 0.157 e. The molecule has 0 N–H and O–H groups in total. The molecule has 70 valence electrons. The second-order valence-electron chi connectivity index (χ2n) is 4.62. The number of carbonyl (C=O) groups excluding carboxylic acids is 1. The van der Waals surface area contributed by atoms with Crippen LogP contribution in [0.5, 0.6) is 0 Å². The number of carbonyl (C=O) groups is 1. The highest BCUT2D eigenvalue weighted by molar-refractivity contribution is 6.76. The Morgan fingerprint density at radius 2 is 1.83 bits per heavy atom. The van der Waals surface area contributed by atoms with Gasteiger partial charge in [0, 0.05) is 14.5 Å². The largest absolute Gasteiger partial charge is 0.295 e. The molecule has 0 saturated carbocycles. The topological polar surface area (TPSA) is 17.1 Å². The van der Waals surface area contributed by atoms with Crippen molar-refractivity contribution in [3.8, 4) is 0 Å². The normalized spacial score (nSPS) is 11.3. The van der Waals surface area contributed by atoms with Gasteiger partial charge in [-0.3, -0.25) is 4.79 Å². The van der Waals surface area contributed by atoms with Gasteiger partial charge < -0.3 is 0 Å². The van der Waals surface area contributed by atoms with Gasteiger partial charge in [0.2, 0.25) is 0 Å². The number of hydrogen-bond acceptors (Lipinski definition) is 1. The van der Waals surface area contributed by atoms with E-state index in [0.29, 0.717) is 12.0 Å². The van der Waals surface area contributed by atoms with Crippen LogP contribution in [0.4, 0.5) is 0 Å². The van der Waals surface area contributed by atoms with Crippen LogP contribution in [0.1, 0.15) is 19.8 Å². The van der Waals surface area contributed by atoms with Crippen LogP contribution in [0.2, 0.25) is 25.7 Å². The van der Waals surface area contributed by atoms with E-state index in [0.717, 1.165) is 6.42 Å². The van der Waals surface area contributed by atoms with Crippen LogP contribution >= 0.6 is 0 Å². The third-order valence-corrected chi connectivity index (χ3v) is 3.66. The van der Waals surface area contributed by atoms with E-state index in [1.54, 1.807) is 6.92 Å². The van der Waals surface area contributed by atoms with Crippen molar-refractivity contribution in [3.05, 3.63) is 12.2 Å². The van der Waals surface area contributed by atoms with Crippen molar-refractivity contribution < 1.29 is 4.79 Å². The van der Waals surface area contributed by atoms with E-state index in [4.69, 9.17) is 0 Å². The van der Waals surface area contributed by atoms with Crippen LogP contribution in [0, 0.1) is 0 Å². The molecule has 0 atom stereocenters. The summed E-state index contributed by atoms with van der Waals surface area (Å²) in [6, 6.07) is 1.24. The summed E-state index contributed by atoms with van der Waals surface area (Å²) in [4.78, 5) is 11.1. The standard InChI is InChI=1S/C10H20OSi/c1-9(2)10(11)7-6-8-12(3,4)5/h1,6-8H2,2-5H3. The number of rotatable bonds is 5. The van der Waals surface area contributed by atoms with Gasteiger partial charge in [-0.2, -0.15) is 0 Å². The quantitative estimate of drug-likeness (QED) is 0.473. The molecule has 0 aliphatic rings. The van der Waals surface area contributed by atoms with Gasteiger partial charge in [0.1, 0.15) is 0 Å². The average molecular weight is 184 g/mol. The van der Waals surface area contributed by atoms with Crippen LogP contribution < -0.4 is 0 Å². The van der Waals surface area contributed by atoms with Gasteiger partial charge in [-0.25, -0.2) is 0 Å². The SMILES string of the molecule is C=C(C)C(=O)CCC[Si](C)(C)C. The lowest BCUT2D eigenvalue weighted by Gasteiger charge is -2.14. The Kier molecular flexibility index (Phi) is 4.46. The van der Waals surface area contributed by atoms with Gasteiger partial charge in [0.15, 0.2) is 5.78 Å². The summed E-state index contributed by atoms with van der Waals surface area (Å²) in [6.45, 7) is 12.4. The van der Waals surface area contributed by atoms with E-state index in [1.807, 2.05) is 0 Å². The highest BCUT2D eigenvalue weighted by Crippen LogP contribution is 2.13. The summed E-state index contributed by atoms with van der Waals surface area (Å²) in [5.41, 5.74) is 0.700. The Balaban J connectivity index is 3.58. The predicted molar refractivity (Wildman–Crippen MR) is 57.2 cm³/mol. The lowest BCUT2D eigenvalue weighted by atomic mass is 10.1. The van der Waals surface area contributed by atoms with E-state index >= 15 is 0 Å². The van der Waals surface area contributed by atoms with Gasteiger partial charge >= 0.3 is 0 Å². The summed E-state index contributed by atoms with van der Waals surface area (Å²) < 4.78 is 0. The molecule has 0 aromatic rings. The van der Waals surface area contributed by atoms with Gasteiger partial charge in [0.25, 0.3) is 0 Å². The molecule has 2 heteroatoms. The zero-order valence-corrected chi connectivity index (χ0v) is 9.74. The molecular formula is C10H20OSi. The van der Waals surface area contributed by atoms with Gasteiger partial charge in [-0.05, 0) is 18.9 Å². The Morgan fingerprint density at radius 3 is 2.17 bits per heavy atom. The molecule has 0 saturated heterocycles. The van der Waals surface area contributed by atoms with Gasteiger partial charge in [-0.15, -0.1) is 0 Å². The van der Waals surface area contributed by atoms with Crippen LogP contribution in [0.15, 0.2) is 12.2 Å². The minimum Gasteiger partial charge on any atom is -0.295 e. The molecule has 0 unspecified atom stereocenters. The molecule has 0 aliphatic heterocycles. The van der Waals surface area contributed by atoms with Crippen molar-refractivity contribution in [3.63, 3.8) is 0 Å². The first kappa shape index (κ1) is 11.6. The lowest BCUT2D eigenvalue weighted by molar-refractivity contribution is -0.115. The summed E-state index contributed by atoms with van der Waals surface area (Å²) >= 11 is 0. The molecule has 0 amide bonds. The lowest BCUT2D eigenvalue weighted by Crippen LogP contribution is -2.19. The smallest absolute Gasteiger partial charge is 0.157 e. The molecule has 0 aliphatic carbocycles. The Hall–Kier alpha value is -0.373. The number of ketones is 1. The van der Waals surface area contributed by atoms with Gasteiger partial charge in [-0.1, -0.05) is 32.3 Å². The molecule has 0 radical (unpaired) electrons. The summed E-state index contributed by atoms with van der Waals surface area (Å²) in [7, 11) is -0.941. The van der Waals surface area contributed by atoms with E-state index in [1.165, 1.54) is 6.04 Å². The number of hydrogen-bond donors (Lipinski definition) is 0. The molecule has 0 bridgehead atoms. The molecule has 12 heavy (non-hydrogen) atoms. The second kappa shape index (κ2) is 4.60. The number of Topliss-reactive ketones (excluding diaryl/α,β-unsaturated/α-hetero) is 1. The van der Waals surface area contributed by atoms with Crippen LogP contribution in [0.3, 0.4) is 0 Å². The molecule has 0 aromatic heterocycles. The fourth-order valence-electron chi connectivity index (χ4n) is 0.993. The van der Waals surface area contributed by atoms with Crippen molar-refractivity contribution in [1.82, 2.24) is 0 Å². The van der Waals surface area contributed by atoms with Crippen molar-refractivity contribution in [2.24, 2.45) is 0 Å². The zero-order valence-electron chi connectivity index (χ0n) is 8.74. The fraction of sp³-hybridized carbons (Fsp3) is 0.700. The maximum absolute atomic E-state index is 11.1. The summed E-state index contributed by atoms with van der Waals surface area (Å²) in [5.74, 6) is 0.230. The van der Waals surface area contributed by atoms with Crippen LogP contribution in [-0.2, 0) is 4.79 Å². The predicted octanol–water partition coefficient (Wildman–Crippen LogP) is 3.25. The molecule has 0 fully saturated rings. The third-order valence-electron chi connectivity index (χ3n) is 1.81. The van der Waals surface area contributed by atoms with E-state index in [2.05, 4.69) is 26.2 Å². The Labute approximate surface area is 76.9 Å². The molecule has 0 heterocycles. The first-order valence-electron chi connectivity index (χ1n) is 4.51. The molecule has 1 nitrogen and oxygen atoms in total. The highest BCUT2D eigenvalue weighted by Gasteiger charge is 2.13. The maximum atomic E-state index is 11.1. The zero-order chi connectivity index (χ0) is 9.78. The Bertz CT molecular complexity index is 177. The van der Waals surface area contributed by atoms with Crippen molar-refractivity contribution >= 4 is 13.9 Å². The summed E-state index contributed by atoms with van der Waals surface area (Å²) in [5, 5.41) is 0. The minimum absolute atomic E-state index is 0.230. The van der Waals surface area contributed by atoms with E-state index < -0.39 is 8.07 Å². The van der Waals surface area contributed by atoms with Crippen LogP contribution in [0.25, 0.3) is 0 Å². The minimum atomic E-state index is -0.941. The second-order valence-corrected chi connectivity index (χ2v) is 10.2. The average Bonchev–Trinajstić information content (AvgIpc) is 1.84. The first-order valence-corrected chi connectivity index (χ1v) is 8.22. The Morgan fingerprint density at radius 1 is 1.33 bits per heavy atom. The van der Waals surface area contributed by atoms with E-state index in [9.17, 15) is 4.79 Å². The molecule has 0 aromatic carbocycles. The van der Waals surface area contributed by atoms with Crippen LogP contribution in [-0.4, -0.2) is 13.9 Å². The molecule has 0 rings (SSSR count). The fourth-order valence-corrected chi connectivity index (χ4v) is 2.23. The van der Waals surface area contributed by atoms with E-state index in [-0.39, 0.29) is 5.78 Å². The van der Waals surface area contributed by atoms with Crippen molar-refractivity contribution in [2.45, 2.75) is 45.5 Å². The molecular weight excluding hydrogens is 164 g/mol. The molecule has 0 spiro atoms. The number of allylic oxidation sites excluding steroid dienone is 1. The van der Waals surface area contributed by atoms with Gasteiger partial charge in [0.05, 0.1) is 0 Å². The highest BCUT2D eigenvalue weighted by atomic mass is 28.3. The first-order chi connectivity index (χ1) is 5.33. The summed E-state index contributed by atoms with van der Waals surface area (Å²) in [6.07, 6.45) is 1.74. The van der Waals surface area contributed by atoms with Crippen molar-refractivity contribution in [1.29, 1.82) is 0 Å². The van der Waals surface area contributed by atoms with Crippen molar-refractivity contribution in [2.75, 3.05) is 0 Å². The third kappa shape index (κ3) is 6.34. The monoisotopic (exact) mass is 184 g/mol.